The van der Waals surface area contributed by atoms with E-state index in [0.717, 1.165) is 31.5 Å². The van der Waals surface area contributed by atoms with Gasteiger partial charge in [0.1, 0.15) is 11.9 Å². The highest BCUT2D eigenvalue weighted by atomic mass is 19.4. The topological polar surface area (TPSA) is 16.1 Å². The summed E-state index contributed by atoms with van der Waals surface area (Å²) in [5.74, 6) is -0.290. The number of halogens is 4. The summed E-state index contributed by atoms with van der Waals surface area (Å²) in [5.41, 5.74) is 0.752. The van der Waals surface area contributed by atoms with Crippen LogP contribution in [0.2, 0.25) is 0 Å². The van der Waals surface area contributed by atoms with Crippen LogP contribution in [0.4, 0.5) is 17.6 Å². The monoisotopic (exact) mass is 312 g/mol. The smallest absolute Gasteiger partial charge is 0.356 e. The number of rotatable bonds is 3. The van der Waals surface area contributed by atoms with E-state index in [-0.39, 0.29) is 5.92 Å². The maximum Gasteiger partial charge on any atom is 0.412 e. The molecule has 6 heteroatoms. The van der Waals surface area contributed by atoms with E-state index in [0.29, 0.717) is 17.8 Å². The van der Waals surface area contributed by atoms with E-state index < -0.39 is 18.0 Å². The minimum atomic E-state index is -4.36. The third kappa shape index (κ3) is 3.00. The summed E-state index contributed by atoms with van der Waals surface area (Å²) in [7, 11) is 0. The van der Waals surface area contributed by atoms with Gasteiger partial charge in [-0.3, -0.25) is 4.98 Å². The van der Waals surface area contributed by atoms with Crippen molar-refractivity contribution in [3.8, 4) is 0 Å². The van der Waals surface area contributed by atoms with Gasteiger partial charge in [-0.1, -0.05) is 18.6 Å². The van der Waals surface area contributed by atoms with Crippen LogP contribution in [0.5, 0.6) is 0 Å². The van der Waals surface area contributed by atoms with Gasteiger partial charge in [0.05, 0.1) is 6.20 Å². The second-order valence-electron chi connectivity index (χ2n) is 5.76. The lowest BCUT2D eigenvalue weighted by Crippen LogP contribution is -2.47. The highest BCUT2D eigenvalue weighted by molar-refractivity contribution is 5.67. The van der Waals surface area contributed by atoms with Crippen LogP contribution in [0, 0.1) is 11.7 Å². The average Bonchev–Trinajstić information content (AvgIpc) is 2.41. The zero-order chi connectivity index (χ0) is 15.7. The Morgan fingerprint density at radius 2 is 2.00 bits per heavy atom. The van der Waals surface area contributed by atoms with E-state index >= 15 is 0 Å². The number of nitrogens with zero attached hydrogens (tertiary/aromatic N) is 2. The van der Waals surface area contributed by atoms with Crippen molar-refractivity contribution in [2.45, 2.75) is 31.5 Å². The van der Waals surface area contributed by atoms with E-state index in [1.54, 1.807) is 6.08 Å². The lowest BCUT2D eigenvalue weighted by Gasteiger charge is -2.41. The summed E-state index contributed by atoms with van der Waals surface area (Å²) in [6, 6.07) is -0.449. The summed E-state index contributed by atoms with van der Waals surface area (Å²) < 4.78 is 53.3. The second-order valence-corrected chi connectivity index (χ2v) is 5.76. The molecular formula is C16H16F4N2. The maximum atomic E-state index is 13.4. The van der Waals surface area contributed by atoms with Crippen LogP contribution in [0.1, 0.15) is 24.8 Å². The Morgan fingerprint density at radius 1 is 1.23 bits per heavy atom. The van der Waals surface area contributed by atoms with Gasteiger partial charge in [0, 0.05) is 24.0 Å². The molecule has 1 aromatic rings. The molecular weight excluding hydrogens is 296 g/mol. The molecule has 1 aliphatic carbocycles. The lowest BCUT2D eigenvalue weighted by molar-refractivity contribution is -0.164. The van der Waals surface area contributed by atoms with Gasteiger partial charge >= 0.3 is 6.18 Å². The molecule has 0 aromatic carbocycles. The lowest BCUT2D eigenvalue weighted by atomic mass is 9.84. The molecule has 2 heterocycles. The van der Waals surface area contributed by atoms with Crippen molar-refractivity contribution < 1.29 is 17.6 Å². The Bertz CT molecular complexity index is 602. The largest absolute Gasteiger partial charge is 0.412 e. The first kappa shape index (κ1) is 15.1. The molecule has 1 aromatic heterocycles. The quantitative estimate of drug-likeness (QED) is 0.779. The highest BCUT2D eigenvalue weighted by Gasteiger charge is 2.44. The molecule has 0 spiro atoms. The van der Waals surface area contributed by atoms with Gasteiger partial charge in [0.2, 0.25) is 0 Å². The minimum absolute atomic E-state index is 0.265. The van der Waals surface area contributed by atoms with E-state index in [2.05, 4.69) is 4.98 Å². The molecule has 0 radical (unpaired) electrons. The Balaban J connectivity index is 1.94. The summed E-state index contributed by atoms with van der Waals surface area (Å²) >= 11 is 0. The summed E-state index contributed by atoms with van der Waals surface area (Å²) in [4.78, 5) is 5.08. The normalized spacial score (nSPS) is 22.5. The van der Waals surface area contributed by atoms with Crippen LogP contribution in [0.3, 0.4) is 0 Å². The van der Waals surface area contributed by atoms with Gasteiger partial charge in [-0.25, -0.2) is 4.39 Å². The van der Waals surface area contributed by atoms with Gasteiger partial charge in [-0.2, -0.15) is 13.2 Å². The molecule has 2 nitrogen and oxygen atoms in total. The second kappa shape index (κ2) is 5.74. The maximum absolute atomic E-state index is 13.4. The molecule has 1 atom stereocenters. The molecule has 22 heavy (non-hydrogen) atoms. The van der Waals surface area contributed by atoms with Crippen molar-refractivity contribution in [3.63, 3.8) is 0 Å². The number of aromatic nitrogens is 1. The Kier molecular flexibility index (Phi) is 3.93. The van der Waals surface area contributed by atoms with E-state index in [9.17, 15) is 17.6 Å². The Morgan fingerprint density at radius 3 is 2.59 bits per heavy atom. The third-order valence-corrected chi connectivity index (χ3v) is 4.21. The van der Waals surface area contributed by atoms with E-state index in [1.165, 1.54) is 23.2 Å². The number of pyridine rings is 1. The zero-order valence-corrected chi connectivity index (χ0v) is 11.9. The summed E-state index contributed by atoms with van der Waals surface area (Å²) in [6.45, 7) is 0.330. The average molecular weight is 312 g/mol. The fourth-order valence-corrected chi connectivity index (χ4v) is 2.87. The first-order chi connectivity index (χ1) is 10.4. The molecule has 0 bridgehead atoms. The van der Waals surface area contributed by atoms with Gasteiger partial charge < -0.3 is 4.90 Å². The van der Waals surface area contributed by atoms with Crippen molar-refractivity contribution in [2.75, 3.05) is 6.54 Å². The van der Waals surface area contributed by atoms with E-state index in [4.69, 9.17) is 0 Å². The zero-order valence-electron chi connectivity index (χ0n) is 11.9. The first-order valence-electron chi connectivity index (χ1n) is 7.28. The van der Waals surface area contributed by atoms with Gasteiger partial charge in [0.15, 0.2) is 0 Å². The highest BCUT2D eigenvalue weighted by Crippen LogP contribution is 2.37. The van der Waals surface area contributed by atoms with Crippen LogP contribution >= 0.6 is 0 Å². The molecule has 1 unspecified atom stereocenters. The standard InChI is InChI=1S/C16H16F4N2/c17-13-7-12(8-21-9-13)14-5-2-6-15(16(18,19)20)22(14)10-11-3-1-4-11/h2,5-9,11,15H,1,3-4,10H2. The molecule has 2 aliphatic rings. The van der Waals surface area contributed by atoms with Crippen LogP contribution in [0.25, 0.3) is 5.70 Å². The minimum Gasteiger partial charge on any atom is -0.356 e. The van der Waals surface area contributed by atoms with Crippen molar-refractivity contribution in [3.05, 3.63) is 48.1 Å². The number of alkyl halides is 3. The number of hydrogen-bond acceptors (Lipinski definition) is 2. The molecule has 0 N–H and O–H groups in total. The molecule has 3 rings (SSSR count). The molecule has 0 saturated heterocycles. The third-order valence-electron chi connectivity index (χ3n) is 4.21. The number of allylic oxidation sites excluding steroid dienone is 2. The SMILES string of the molecule is Fc1cncc(C2=CC=CC(C(F)(F)F)N2CC2CCC2)c1. The summed E-state index contributed by atoms with van der Waals surface area (Å²) in [5, 5.41) is 0. The van der Waals surface area contributed by atoms with Gasteiger partial charge in [-0.15, -0.1) is 0 Å². The van der Waals surface area contributed by atoms with E-state index in [1.807, 2.05) is 0 Å². The molecule has 118 valence electrons. The van der Waals surface area contributed by atoms with Crippen molar-refractivity contribution in [2.24, 2.45) is 5.92 Å². The molecule has 1 aliphatic heterocycles. The van der Waals surface area contributed by atoms with Crippen molar-refractivity contribution in [1.82, 2.24) is 9.88 Å². The van der Waals surface area contributed by atoms with Crippen LogP contribution in [-0.2, 0) is 0 Å². The van der Waals surface area contributed by atoms with Gasteiger partial charge in [-0.05, 0) is 30.9 Å². The predicted octanol–water partition coefficient (Wildman–Crippen LogP) is 4.16. The molecule has 1 fully saturated rings. The molecule has 1 saturated carbocycles. The predicted molar refractivity (Wildman–Crippen MR) is 75.2 cm³/mol. The van der Waals surface area contributed by atoms with Crippen LogP contribution in [-0.4, -0.2) is 28.6 Å². The van der Waals surface area contributed by atoms with Crippen molar-refractivity contribution >= 4 is 5.70 Å². The Labute approximate surface area is 126 Å². The Hall–Kier alpha value is -1.85. The fraction of sp³-hybridized carbons (Fsp3) is 0.438. The number of hydrogen-bond donors (Lipinski definition) is 0. The van der Waals surface area contributed by atoms with Gasteiger partial charge in [0.25, 0.3) is 0 Å². The van der Waals surface area contributed by atoms with Crippen LogP contribution < -0.4 is 0 Å². The molecule has 0 amide bonds. The fourth-order valence-electron chi connectivity index (χ4n) is 2.87. The van der Waals surface area contributed by atoms with Crippen molar-refractivity contribution in [1.29, 1.82) is 0 Å². The van der Waals surface area contributed by atoms with Crippen LogP contribution in [0.15, 0.2) is 36.7 Å². The summed E-state index contributed by atoms with van der Waals surface area (Å²) in [6.07, 6.45) is 5.16. The first-order valence-corrected chi connectivity index (χ1v) is 7.28.